The van der Waals surface area contributed by atoms with Crippen LogP contribution in [-0.4, -0.2) is 47.7 Å². The molecule has 59 heavy (non-hydrogen) atoms. The monoisotopic (exact) mass is 852 g/mol. The van der Waals surface area contributed by atoms with Gasteiger partial charge in [-0.1, -0.05) is 119 Å². The van der Waals surface area contributed by atoms with Gasteiger partial charge in [0.25, 0.3) is 0 Å². The van der Waals surface area contributed by atoms with Gasteiger partial charge >= 0.3 is 17.1 Å². The van der Waals surface area contributed by atoms with Crippen LogP contribution >= 0.6 is 12.0 Å². The molecule has 1 radical (unpaired) electrons. The zero-order valence-corrected chi connectivity index (χ0v) is 36.2. The van der Waals surface area contributed by atoms with Gasteiger partial charge in [-0.25, -0.2) is 9.98 Å². The molecule has 11 nitrogen and oxygen atoms in total. The average Bonchev–Trinajstić information content (AvgIpc) is 3.88. The van der Waals surface area contributed by atoms with E-state index < -0.39 is 6.17 Å². The Balaban J connectivity index is 0.00000484. The van der Waals surface area contributed by atoms with Crippen molar-refractivity contribution in [2.45, 2.75) is 72.9 Å². The summed E-state index contributed by atoms with van der Waals surface area (Å²) in [7, 11) is 0. The number of aryl methyl sites for hydroxylation is 2. The van der Waals surface area contributed by atoms with Crippen molar-refractivity contribution in [1.29, 1.82) is 0 Å². The molecule has 305 valence electrons. The number of fused-ring (bicyclic) bond motifs is 17. The Hall–Kier alpha value is -4.75. The van der Waals surface area contributed by atoms with Crippen molar-refractivity contribution in [3.8, 4) is 0 Å². The number of rotatable bonds is 10. The van der Waals surface area contributed by atoms with Gasteiger partial charge in [0.2, 0.25) is 0 Å². The SMILES string of the molecule is Cc1ccc2c(c1)C1=N/C2=N\C2[N-]C(=C3C=CC(CC(C)C)=CC32)/N=C2\N=C(N=c3[n-]c(c4ccc(C)cc34)=N1)c1ccc(SOON(CC(C)C)CC(C)C)cc12.[Cu+2]. The average molecular weight is 854 g/mol. The minimum absolute atomic E-state index is 0. The summed E-state index contributed by atoms with van der Waals surface area (Å²) in [6.45, 7) is 18.8. The first-order valence-corrected chi connectivity index (χ1v) is 20.9. The van der Waals surface area contributed by atoms with Gasteiger partial charge in [-0.2, -0.15) is 5.06 Å². The molecular weight excluding hydrogens is 806 g/mol. The van der Waals surface area contributed by atoms with E-state index in [0.29, 0.717) is 57.9 Å². The molecule has 5 aliphatic rings. The maximum atomic E-state index is 5.81. The molecule has 0 saturated heterocycles. The fraction of sp³-hybridized carbons (Fsp3) is 0.348. The van der Waals surface area contributed by atoms with E-state index in [-0.39, 0.29) is 23.0 Å². The Kier molecular flexibility index (Phi) is 11.6. The Morgan fingerprint density at radius 3 is 2.08 bits per heavy atom. The second kappa shape index (κ2) is 16.7. The molecule has 8 bridgehead atoms. The zero-order chi connectivity index (χ0) is 40.2. The van der Waals surface area contributed by atoms with Crippen molar-refractivity contribution in [1.82, 2.24) is 10.0 Å². The number of nitrogens with zero attached hydrogens (tertiary/aromatic N) is 9. The molecule has 1 aromatic heterocycles. The molecule has 4 aromatic rings. The van der Waals surface area contributed by atoms with Crippen LogP contribution in [0, 0.1) is 37.5 Å². The van der Waals surface area contributed by atoms with Gasteiger partial charge in [-0.3, -0.25) is 4.99 Å². The maximum absolute atomic E-state index is 5.81. The van der Waals surface area contributed by atoms with E-state index in [0.717, 1.165) is 86.2 Å². The number of aromatic nitrogens is 1. The molecular formula is C46H47CuN9O2S. The van der Waals surface area contributed by atoms with Crippen LogP contribution in [0.15, 0.2) is 125 Å². The molecule has 2 unspecified atom stereocenters. The summed E-state index contributed by atoms with van der Waals surface area (Å²) in [5, 5.41) is 8.87. The van der Waals surface area contributed by atoms with Crippen LogP contribution in [0.5, 0.6) is 0 Å². The molecule has 0 fully saturated rings. The molecule has 13 heteroatoms. The Labute approximate surface area is 360 Å². The molecule has 5 heterocycles. The number of aliphatic imine (C=N–C) groups is 4. The number of amidine groups is 4. The molecule has 2 atom stereocenters. The number of hydrogen-bond acceptors (Lipinski definition) is 10. The van der Waals surface area contributed by atoms with Gasteiger partial charge in [0.1, 0.15) is 0 Å². The van der Waals surface area contributed by atoms with Crippen molar-refractivity contribution in [2.75, 3.05) is 13.1 Å². The largest absolute Gasteiger partial charge is 2.00 e. The van der Waals surface area contributed by atoms with Gasteiger partial charge in [-0.15, -0.1) is 9.32 Å². The second-order valence-electron chi connectivity index (χ2n) is 16.9. The summed E-state index contributed by atoms with van der Waals surface area (Å²) >= 11 is 1.16. The first kappa shape index (κ1) is 41.0. The van der Waals surface area contributed by atoms with E-state index >= 15 is 0 Å². The fourth-order valence-electron chi connectivity index (χ4n) is 7.94. The summed E-state index contributed by atoms with van der Waals surface area (Å²) in [5.74, 6) is 4.02. The molecule has 4 aliphatic heterocycles. The van der Waals surface area contributed by atoms with Crippen molar-refractivity contribution >= 4 is 46.2 Å². The quantitative estimate of drug-likeness (QED) is 0.0684. The summed E-state index contributed by atoms with van der Waals surface area (Å²) < 4.78 is 5.77. The molecule has 1 aliphatic carbocycles. The topological polar surface area (TPSA) is 124 Å². The second-order valence-corrected chi connectivity index (χ2v) is 17.7. The van der Waals surface area contributed by atoms with E-state index in [9.17, 15) is 0 Å². The fourth-order valence-corrected chi connectivity index (χ4v) is 8.42. The van der Waals surface area contributed by atoms with Crippen LogP contribution in [0.4, 0.5) is 0 Å². The van der Waals surface area contributed by atoms with Gasteiger partial charge in [0.05, 0.1) is 35.7 Å². The van der Waals surface area contributed by atoms with E-state index in [1.807, 2.05) is 23.3 Å². The Morgan fingerprint density at radius 2 is 1.32 bits per heavy atom. The molecule has 3 aromatic carbocycles. The maximum Gasteiger partial charge on any atom is 2.00 e. The minimum Gasteiger partial charge on any atom is -0.441 e. The van der Waals surface area contributed by atoms with Crippen LogP contribution in [0.3, 0.4) is 0 Å². The third-order valence-corrected chi connectivity index (χ3v) is 11.0. The molecule has 0 N–H and O–H groups in total. The van der Waals surface area contributed by atoms with Gasteiger partial charge in [-0.05, 0) is 72.6 Å². The van der Waals surface area contributed by atoms with Crippen LogP contribution in [-0.2, 0) is 26.4 Å². The molecule has 0 spiro atoms. The predicted octanol–water partition coefficient (Wildman–Crippen LogP) is 8.65. The number of hydroxylamine groups is 2. The van der Waals surface area contributed by atoms with Crippen LogP contribution < -0.4 is 16.0 Å². The summed E-state index contributed by atoms with van der Waals surface area (Å²) in [4.78, 5) is 42.7. The summed E-state index contributed by atoms with van der Waals surface area (Å²) in [6, 6.07) is 18.5. The standard InChI is InChI=1S/C46H47N9O2S.Cu/c1-24(2)17-29-11-15-33-37(20-29)45-51-40-32-14-10-28(8)19-36(32)43(49-40)47-39-31-13-9-27(7)18-35(31)44(48-39)50-42-34-16-12-30(21-38(34)46(54-42)53-41(33)52-45)58-57-56-55(22-25(3)4)23-26(5)6;/h9-16,18-21,24-26,37,45H,17,22-23H2,1-8H3;/q-2;+2. The normalized spacial score (nSPS) is 20.6. The summed E-state index contributed by atoms with van der Waals surface area (Å²) in [6.07, 6.45) is 7.13. The molecule has 0 saturated carbocycles. The van der Waals surface area contributed by atoms with Gasteiger partial charge in [0, 0.05) is 57.1 Å². The smallest absolute Gasteiger partial charge is 0.441 e. The minimum atomic E-state index is -0.477. The van der Waals surface area contributed by atoms with E-state index in [2.05, 4.69) is 110 Å². The van der Waals surface area contributed by atoms with Crippen molar-refractivity contribution < 1.29 is 26.4 Å². The molecule has 0 amide bonds. The van der Waals surface area contributed by atoms with Gasteiger partial charge < -0.3 is 25.3 Å². The third kappa shape index (κ3) is 8.37. The van der Waals surface area contributed by atoms with E-state index in [1.54, 1.807) is 0 Å². The Morgan fingerprint density at radius 1 is 0.678 bits per heavy atom. The first-order chi connectivity index (χ1) is 27.9. The van der Waals surface area contributed by atoms with E-state index in [1.165, 1.54) is 5.57 Å². The summed E-state index contributed by atoms with van der Waals surface area (Å²) in [5.41, 5.74) is 9.03. The van der Waals surface area contributed by atoms with Gasteiger partial charge in [0.15, 0.2) is 5.84 Å². The van der Waals surface area contributed by atoms with Crippen molar-refractivity contribution in [2.24, 2.45) is 53.6 Å². The third-order valence-electron chi connectivity index (χ3n) is 10.4. The van der Waals surface area contributed by atoms with Crippen molar-refractivity contribution in [3.05, 3.63) is 139 Å². The van der Waals surface area contributed by atoms with Crippen LogP contribution in [0.1, 0.15) is 81.3 Å². The number of hydrogen-bond donors (Lipinski definition) is 0. The van der Waals surface area contributed by atoms with Crippen LogP contribution in [0.25, 0.3) is 16.1 Å². The zero-order valence-electron chi connectivity index (χ0n) is 34.5. The number of benzene rings is 3. The molecule has 9 rings (SSSR count). The van der Waals surface area contributed by atoms with Crippen molar-refractivity contribution in [3.63, 3.8) is 0 Å². The van der Waals surface area contributed by atoms with Crippen LogP contribution in [0.2, 0.25) is 0 Å². The number of allylic oxidation sites excluding steroid dienone is 3. The van der Waals surface area contributed by atoms with E-state index in [4.69, 9.17) is 49.6 Å². The Bertz CT molecular complexity index is 2690. The predicted molar refractivity (Wildman–Crippen MR) is 232 cm³/mol. The first-order valence-electron chi connectivity index (χ1n) is 20.2.